The van der Waals surface area contributed by atoms with Crippen molar-refractivity contribution < 1.29 is 4.74 Å². The lowest BCUT2D eigenvalue weighted by atomic mass is 9.77. The third kappa shape index (κ3) is 2.17. The third-order valence-electron chi connectivity index (χ3n) is 4.75. The fourth-order valence-electron chi connectivity index (χ4n) is 3.73. The first-order chi connectivity index (χ1) is 10.9. The number of nitrogens with zero attached hydrogens (tertiary/aromatic N) is 1. The molecule has 110 valence electrons. The van der Waals surface area contributed by atoms with Crippen LogP contribution < -0.4 is 5.32 Å². The van der Waals surface area contributed by atoms with Gasteiger partial charge in [-0.15, -0.1) is 0 Å². The first-order valence-corrected chi connectivity index (χ1v) is 7.84. The van der Waals surface area contributed by atoms with Gasteiger partial charge in [0.1, 0.15) is 0 Å². The van der Waals surface area contributed by atoms with Gasteiger partial charge in [-0.1, -0.05) is 30.3 Å². The zero-order chi connectivity index (χ0) is 14.9. The Balaban J connectivity index is 1.79. The summed E-state index contributed by atoms with van der Waals surface area (Å²) < 4.78 is 6.11. The summed E-state index contributed by atoms with van der Waals surface area (Å²) in [6, 6.07) is 18.9. The highest BCUT2D eigenvalue weighted by molar-refractivity contribution is 5.59. The molecule has 0 spiro atoms. The lowest BCUT2D eigenvalue weighted by Crippen LogP contribution is -2.36. The lowest BCUT2D eigenvalue weighted by Gasteiger charge is -2.43. The Morgan fingerprint density at radius 3 is 2.82 bits per heavy atom. The summed E-state index contributed by atoms with van der Waals surface area (Å²) in [5.74, 6) is 0.414. The SMILES string of the molecule is N#Cc1ccc2c(c1)[C@@H]1OCCC[C@H]1[C@H](c1ccccc1)N2. The Morgan fingerprint density at radius 2 is 2.00 bits per heavy atom. The van der Waals surface area contributed by atoms with Crippen LogP contribution in [0.4, 0.5) is 5.69 Å². The van der Waals surface area contributed by atoms with E-state index in [2.05, 4.69) is 35.7 Å². The van der Waals surface area contributed by atoms with Crippen LogP contribution in [0.3, 0.4) is 0 Å². The van der Waals surface area contributed by atoms with Gasteiger partial charge in [0.05, 0.1) is 23.8 Å². The fourth-order valence-corrected chi connectivity index (χ4v) is 3.73. The number of ether oxygens (including phenoxy) is 1. The van der Waals surface area contributed by atoms with E-state index in [0.717, 1.165) is 30.7 Å². The Bertz CT molecular complexity index is 720. The molecule has 0 aromatic heterocycles. The molecule has 0 radical (unpaired) electrons. The standard InChI is InChI=1S/C19H18N2O/c20-12-13-8-9-17-16(11-13)19-15(7-4-10-22-19)18(21-17)14-5-2-1-3-6-14/h1-3,5-6,8-9,11,15,18-19,21H,4,7,10H2/t15-,18-,19+/m0/s1. The van der Waals surface area contributed by atoms with E-state index in [9.17, 15) is 0 Å². The molecule has 22 heavy (non-hydrogen) atoms. The number of nitriles is 1. The summed E-state index contributed by atoms with van der Waals surface area (Å²) in [6.07, 6.45) is 2.33. The van der Waals surface area contributed by atoms with Crippen molar-refractivity contribution in [3.63, 3.8) is 0 Å². The van der Waals surface area contributed by atoms with Crippen molar-refractivity contribution >= 4 is 5.69 Å². The molecule has 0 amide bonds. The molecular formula is C19H18N2O. The van der Waals surface area contributed by atoms with Crippen LogP contribution in [-0.2, 0) is 4.74 Å². The third-order valence-corrected chi connectivity index (χ3v) is 4.75. The van der Waals surface area contributed by atoms with Crippen LogP contribution in [-0.4, -0.2) is 6.61 Å². The molecule has 2 aliphatic rings. The largest absolute Gasteiger partial charge is 0.378 e. The van der Waals surface area contributed by atoms with Gasteiger partial charge in [-0.25, -0.2) is 0 Å². The summed E-state index contributed by atoms with van der Waals surface area (Å²) in [5, 5.41) is 12.8. The Morgan fingerprint density at radius 1 is 1.14 bits per heavy atom. The van der Waals surface area contributed by atoms with Gasteiger partial charge in [0.15, 0.2) is 0 Å². The summed E-state index contributed by atoms with van der Waals surface area (Å²) in [7, 11) is 0. The van der Waals surface area contributed by atoms with Crippen molar-refractivity contribution in [2.24, 2.45) is 5.92 Å². The van der Waals surface area contributed by atoms with Gasteiger partial charge in [0.25, 0.3) is 0 Å². The number of hydrogen-bond acceptors (Lipinski definition) is 3. The van der Waals surface area contributed by atoms with Crippen molar-refractivity contribution in [2.45, 2.75) is 25.0 Å². The minimum atomic E-state index is 0.0866. The Kier molecular flexibility index (Phi) is 3.32. The molecular weight excluding hydrogens is 272 g/mol. The minimum Gasteiger partial charge on any atom is -0.378 e. The molecule has 1 fully saturated rings. The van der Waals surface area contributed by atoms with Crippen molar-refractivity contribution in [3.8, 4) is 6.07 Å². The first kappa shape index (κ1) is 13.4. The van der Waals surface area contributed by atoms with Crippen LogP contribution in [0, 0.1) is 17.2 Å². The number of nitrogens with one attached hydrogen (secondary N) is 1. The van der Waals surface area contributed by atoms with E-state index in [0.29, 0.717) is 11.5 Å². The van der Waals surface area contributed by atoms with E-state index in [1.165, 1.54) is 5.56 Å². The number of fused-ring (bicyclic) bond motifs is 3. The quantitative estimate of drug-likeness (QED) is 0.856. The smallest absolute Gasteiger partial charge is 0.0991 e. The van der Waals surface area contributed by atoms with Crippen molar-refractivity contribution in [1.82, 2.24) is 0 Å². The van der Waals surface area contributed by atoms with Crippen molar-refractivity contribution in [1.29, 1.82) is 5.26 Å². The van der Waals surface area contributed by atoms with Gasteiger partial charge in [0, 0.05) is 23.8 Å². The van der Waals surface area contributed by atoms with Gasteiger partial charge in [-0.05, 0) is 36.6 Å². The molecule has 0 bridgehead atoms. The zero-order valence-electron chi connectivity index (χ0n) is 12.3. The predicted molar refractivity (Wildman–Crippen MR) is 85.4 cm³/mol. The van der Waals surface area contributed by atoms with Gasteiger partial charge in [-0.3, -0.25) is 0 Å². The monoisotopic (exact) mass is 290 g/mol. The first-order valence-electron chi connectivity index (χ1n) is 7.84. The molecule has 3 heteroatoms. The number of rotatable bonds is 1. The molecule has 1 saturated heterocycles. The van der Waals surface area contributed by atoms with Crippen LogP contribution in [0.1, 0.15) is 41.7 Å². The van der Waals surface area contributed by atoms with Crippen LogP contribution in [0.15, 0.2) is 48.5 Å². The predicted octanol–water partition coefficient (Wildman–Crippen LogP) is 4.19. The maximum absolute atomic E-state index is 9.15. The van der Waals surface area contributed by atoms with Gasteiger partial charge in [0.2, 0.25) is 0 Å². The second kappa shape index (κ2) is 5.47. The van der Waals surface area contributed by atoms with Gasteiger partial charge < -0.3 is 10.1 Å². The van der Waals surface area contributed by atoms with E-state index in [1.54, 1.807) is 0 Å². The van der Waals surface area contributed by atoms with E-state index in [1.807, 2.05) is 24.3 Å². The van der Waals surface area contributed by atoms with Gasteiger partial charge in [-0.2, -0.15) is 5.26 Å². The molecule has 2 aromatic rings. The lowest BCUT2D eigenvalue weighted by molar-refractivity contribution is -0.0381. The summed E-state index contributed by atoms with van der Waals surface area (Å²) >= 11 is 0. The topological polar surface area (TPSA) is 45.0 Å². The molecule has 2 aromatic carbocycles. The summed E-state index contributed by atoms with van der Waals surface area (Å²) in [4.78, 5) is 0. The average Bonchev–Trinajstić information content (AvgIpc) is 2.61. The van der Waals surface area contributed by atoms with Crippen molar-refractivity contribution in [3.05, 3.63) is 65.2 Å². The highest BCUT2D eigenvalue weighted by Crippen LogP contribution is 2.49. The normalized spacial score (nSPS) is 26.2. The van der Waals surface area contributed by atoms with Crippen LogP contribution in [0.25, 0.3) is 0 Å². The Hall–Kier alpha value is -2.31. The van der Waals surface area contributed by atoms with Crippen LogP contribution in [0.2, 0.25) is 0 Å². The highest BCUT2D eigenvalue weighted by Gasteiger charge is 2.39. The summed E-state index contributed by atoms with van der Waals surface area (Å²) in [5.41, 5.74) is 4.23. The molecule has 4 rings (SSSR count). The zero-order valence-corrected chi connectivity index (χ0v) is 12.3. The van der Waals surface area contributed by atoms with Gasteiger partial charge >= 0.3 is 0 Å². The van der Waals surface area contributed by atoms with E-state index in [4.69, 9.17) is 10.00 Å². The average molecular weight is 290 g/mol. The molecule has 2 aliphatic heterocycles. The second-order valence-corrected chi connectivity index (χ2v) is 6.04. The van der Waals surface area contributed by atoms with Crippen LogP contribution >= 0.6 is 0 Å². The van der Waals surface area contributed by atoms with E-state index >= 15 is 0 Å². The number of benzene rings is 2. The maximum atomic E-state index is 9.15. The highest BCUT2D eigenvalue weighted by atomic mass is 16.5. The van der Waals surface area contributed by atoms with E-state index in [-0.39, 0.29) is 12.1 Å². The molecule has 0 unspecified atom stereocenters. The molecule has 3 atom stereocenters. The molecule has 0 aliphatic carbocycles. The molecule has 1 N–H and O–H groups in total. The molecule has 0 saturated carbocycles. The van der Waals surface area contributed by atoms with Crippen molar-refractivity contribution in [2.75, 3.05) is 11.9 Å². The second-order valence-electron chi connectivity index (χ2n) is 6.04. The molecule has 2 heterocycles. The van der Waals surface area contributed by atoms with Crippen LogP contribution in [0.5, 0.6) is 0 Å². The maximum Gasteiger partial charge on any atom is 0.0991 e. The summed E-state index contributed by atoms with van der Waals surface area (Å²) in [6.45, 7) is 0.804. The fraction of sp³-hybridized carbons (Fsp3) is 0.316. The minimum absolute atomic E-state index is 0.0866. The molecule has 3 nitrogen and oxygen atoms in total. The van der Waals surface area contributed by atoms with E-state index < -0.39 is 0 Å². The number of anilines is 1. The Labute approximate surface area is 130 Å². The number of hydrogen-bond donors (Lipinski definition) is 1.